The number of carbonyl (C=O) groups is 5. The highest BCUT2D eigenvalue weighted by atomic mass is 16.3. The summed E-state index contributed by atoms with van der Waals surface area (Å²) >= 11 is 0. The molecule has 2 fully saturated rings. The van der Waals surface area contributed by atoms with Crippen molar-refractivity contribution in [1.82, 2.24) is 20.9 Å². The molecule has 1 aromatic rings. The third kappa shape index (κ3) is 5.93. The molecule has 2 aliphatic heterocycles. The van der Waals surface area contributed by atoms with Crippen LogP contribution in [0.2, 0.25) is 0 Å². The number of hydrogen-bond donors (Lipinski definition) is 4. The smallest absolute Gasteiger partial charge is 0.287 e. The molecule has 0 saturated carbocycles. The Morgan fingerprint density at radius 3 is 2.42 bits per heavy atom. The van der Waals surface area contributed by atoms with Gasteiger partial charge in [-0.3, -0.25) is 24.0 Å². The first-order valence-electron chi connectivity index (χ1n) is 14.0. The van der Waals surface area contributed by atoms with Crippen LogP contribution in [0.5, 0.6) is 0 Å². The van der Waals surface area contributed by atoms with E-state index in [1.807, 2.05) is 27.7 Å². The van der Waals surface area contributed by atoms with Crippen LogP contribution in [0.3, 0.4) is 0 Å². The number of fused-ring (bicyclic) bond motifs is 1. The number of nitrogens with zero attached hydrogens (tertiary/aromatic N) is 1. The Kier molecular flexibility index (Phi) is 8.41. The molecule has 5 amide bonds. The largest absolute Gasteiger partial charge is 0.459 e. The summed E-state index contributed by atoms with van der Waals surface area (Å²) in [6.07, 6.45) is 6.21. The van der Waals surface area contributed by atoms with E-state index in [4.69, 9.17) is 10.2 Å². The molecular formula is C29H41N5O6. The minimum Gasteiger partial charge on any atom is -0.459 e. The van der Waals surface area contributed by atoms with E-state index >= 15 is 0 Å². The van der Waals surface area contributed by atoms with E-state index in [0.717, 1.165) is 0 Å². The highest BCUT2D eigenvalue weighted by Crippen LogP contribution is 2.44. The van der Waals surface area contributed by atoms with Crippen LogP contribution < -0.4 is 21.7 Å². The highest BCUT2D eigenvalue weighted by Gasteiger charge is 2.54. The van der Waals surface area contributed by atoms with Crippen molar-refractivity contribution in [1.29, 1.82) is 0 Å². The number of rotatable bonds is 8. The Labute approximate surface area is 234 Å². The third-order valence-electron chi connectivity index (χ3n) is 8.63. The van der Waals surface area contributed by atoms with Crippen LogP contribution in [0.1, 0.15) is 58.0 Å². The van der Waals surface area contributed by atoms with E-state index in [9.17, 15) is 24.0 Å². The molecule has 3 aliphatic rings. The molecule has 11 heteroatoms. The van der Waals surface area contributed by atoms with Crippen molar-refractivity contribution in [3.05, 3.63) is 36.3 Å². The van der Waals surface area contributed by atoms with Crippen LogP contribution in [0, 0.1) is 35.0 Å². The number of carbonyl (C=O) groups excluding carboxylic acids is 5. The summed E-state index contributed by atoms with van der Waals surface area (Å²) < 4.78 is 5.23. The fourth-order valence-electron chi connectivity index (χ4n) is 6.35. The number of nitrogens with two attached hydrogens (primary N) is 1. The van der Waals surface area contributed by atoms with E-state index in [1.165, 1.54) is 12.3 Å². The standard InChI is InChI=1S/C29H41N5O6/c1-15-8-9-16(2)21-18(15)14-34(28(39)23(29(3,4)5)33-26(37)20-7-6-12-40-20)22(21)27(38)32-19(24(30)35)13-17-10-11-31-25(17)36/h6-9,12,15-19,21-23H,10-11,13-14H2,1-5H3,(H2,30,35)(H,31,36)(H,32,38)(H,33,37)/t15-,16+,17-,18+,19-,21-,22-,23+/m0/s1. The van der Waals surface area contributed by atoms with Crippen LogP contribution in [0.25, 0.3) is 0 Å². The molecule has 5 N–H and O–H groups in total. The van der Waals surface area contributed by atoms with Crippen LogP contribution in [-0.4, -0.2) is 65.7 Å². The molecule has 1 aromatic heterocycles. The van der Waals surface area contributed by atoms with Crippen LogP contribution >= 0.6 is 0 Å². The topological polar surface area (TPSA) is 164 Å². The van der Waals surface area contributed by atoms with Crippen molar-refractivity contribution in [2.75, 3.05) is 13.1 Å². The quantitative estimate of drug-likeness (QED) is 0.352. The molecule has 218 valence electrons. The van der Waals surface area contributed by atoms with E-state index in [2.05, 4.69) is 35.0 Å². The van der Waals surface area contributed by atoms with Gasteiger partial charge < -0.3 is 31.0 Å². The second-order valence-electron chi connectivity index (χ2n) is 12.5. The maximum Gasteiger partial charge on any atom is 0.287 e. The first-order chi connectivity index (χ1) is 18.8. The lowest BCUT2D eigenvalue weighted by Crippen LogP contribution is -2.60. The van der Waals surface area contributed by atoms with Crippen molar-refractivity contribution in [2.45, 2.75) is 65.6 Å². The lowest BCUT2D eigenvalue weighted by molar-refractivity contribution is -0.143. The number of hydrogen-bond acceptors (Lipinski definition) is 6. The minimum absolute atomic E-state index is 0.00631. The van der Waals surface area contributed by atoms with Gasteiger partial charge in [-0.2, -0.15) is 0 Å². The van der Waals surface area contributed by atoms with Crippen molar-refractivity contribution in [3.63, 3.8) is 0 Å². The Morgan fingerprint density at radius 1 is 1.15 bits per heavy atom. The number of furan rings is 1. The van der Waals surface area contributed by atoms with Crippen molar-refractivity contribution >= 4 is 29.5 Å². The third-order valence-corrected chi connectivity index (χ3v) is 8.63. The molecule has 1 aliphatic carbocycles. The number of primary amides is 1. The molecular weight excluding hydrogens is 514 g/mol. The summed E-state index contributed by atoms with van der Waals surface area (Å²) in [5, 5.41) is 8.35. The van der Waals surface area contributed by atoms with Gasteiger partial charge in [0.05, 0.1) is 6.26 Å². The van der Waals surface area contributed by atoms with Crippen LogP contribution in [0.4, 0.5) is 0 Å². The number of likely N-dealkylation sites (tertiary alicyclic amines) is 1. The molecule has 0 aromatic carbocycles. The van der Waals surface area contributed by atoms with Gasteiger partial charge in [-0.1, -0.05) is 46.8 Å². The maximum atomic E-state index is 14.2. The first kappa shape index (κ1) is 29.4. The van der Waals surface area contributed by atoms with Crippen molar-refractivity contribution in [3.8, 4) is 0 Å². The molecule has 0 bridgehead atoms. The lowest BCUT2D eigenvalue weighted by Gasteiger charge is -2.37. The molecule has 11 nitrogen and oxygen atoms in total. The summed E-state index contributed by atoms with van der Waals surface area (Å²) in [6.45, 7) is 10.5. The van der Waals surface area contributed by atoms with Gasteiger partial charge in [0.15, 0.2) is 5.76 Å². The number of nitrogens with one attached hydrogen (secondary N) is 3. The lowest BCUT2D eigenvalue weighted by atomic mass is 9.71. The molecule has 2 saturated heterocycles. The predicted octanol–water partition coefficient (Wildman–Crippen LogP) is 1.21. The Balaban J connectivity index is 1.63. The fraction of sp³-hybridized carbons (Fsp3) is 0.621. The molecule has 4 rings (SSSR count). The van der Waals surface area contributed by atoms with Gasteiger partial charge in [-0.25, -0.2) is 0 Å². The zero-order valence-corrected chi connectivity index (χ0v) is 23.8. The maximum absolute atomic E-state index is 14.2. The monoisotopic (exact) mass is 555 g/mol. The average Bonchev–Trinajstić information content (AvgIpc) is 3.63. The van der Waals surface area contributed by atoms with Crippen molar-refractivity contribution < 1.29 is 28.4 Å². The van der Waals surface area contributed by atoms with Crippen molar-refractivity contribution in [2.24, 2.45) is 40.7 Å². The summed E-state index contributed by atoms with van der Waals surface area (Å²) in [6, 6.07) is 0.220. The number of allylic oxidation sites excluding steroid dienone is 2. The molecule has 0 radical (unpaired) electrons. The average molecular weight is 556 g/mol. The second-order valence-corrected chi connectivity index (χ2v) is 12.5. The highest BCUT2D eigenvalue weighted by molar-refractivity contribution is 5.98. The summed E-state index contributed by atoms with van der Waals surface area (Å²) in [5.41, 5.74) is 4.97. The van der Waals surface area contributed by atoms with Crippen LogP contribution in [0.15, 0.2) is 35.0 Å². The molecule has 3 heterocycles. The zero-order valence-electron chi connectivity index (χ0n) is 23.8. The van der Waals surface area contributed by atoms with Gasteiger partial charge in [0.1, 0.15) is 18.1 Å². The van der Waals surface area contributed by atoms with Gasteiger partial charge >= 0.3 is 0 Å². The van der Waals surface area contributed by atoms with E-state index in [0.29, 0.717) is 19.5 Å². The van der Waals surface area contributed by atoms with Gasteiger partial charge in [0.25, 0.3) is 5.91 Å². The van der Waals surface area contributed by atoms with Gasteiger partial charge in [0.2, 0.25) is 23.6 Å². The Bertz CT molecular complexity index is 1170. The second kappa shape index (κ2) is 11.5. The molecule has 0 unspecified atom stereocenters. The summed E-state index contributed by atoms with van der Waals surface area (Å²) in [4.78, 5) is 67.2. The van der Waals surface area contributed by atoms with Crippen LogP contribution in [-0.2, 0) is 19.2 Å². The summed E-state index contributed by atoms with van der Waals surface area (Å²) in [7, 11) is 0. The molecule has 0 spiro atoms. The zero-order chi connectivity index (χ0) is 29.4. The van der Waals surface area contributed by atoms with Gasteiger partial charge in [-0.05, 0) is 54.1 Å². The summed E-state index contributed by atoms with van der Waals surface area (Å²) in [5.74, 6) is -2.71. The van der Waals surface area contributed by atoms with Gasteiger partial charge in [0, 0.05) is 19.0 Å². The van der Waals surface area contributed by atoms with Gasteiger partial charge in [-0.15, -0.1) is 0 Å². The van der Waals surface area contributed by atoms with E-state index in [-0.39, 0.29) is 47.7 Å². The Hall–Kier alpha value is -3.63. The Morgan fingerprint density at radius 2 is 1.85 bits per heavy atom. The molecule has 8 atom stereocenters. The minimum atomic E-state index is -1.05. The normalized spacial score (nSPS) is 29.3. The predicted molar refractivity (Wildman–Crippen MR) is 146 cm³/mol. The van der Waals surface area contributed by atoms with E-state index < -0.39 is 47.2 Å². The van der Waals surface area contributed by atoms with E-state index in [1.54, 1.807) is 11.0 Å². The SMILES string of the molecule is C[C@@H]1C=C[C@H](C)[C@H]2CN(C(=O)[C@@H](NC(=O)c3ccco3)C(C)(C)C)[C@H](C(=O)N[C@@H](C[C@@H]3CCNC3=O)C(N)=O)[C@H]21. The number of amides is 5. The fourth-order valence-corrected chi connectivity index (χ4v) is 6.35. The molecule has 40 heavy (non-hydrogen) atoms. The first-order valence-corrected chi connectivity index (χ1v) is 14.0.